The van der Waals surface area contributed by atoms with Gasteiger partial charge in [-0.15, -0.1) is 0 Å². The Hall–Kier alpha value is -1.51. The first-order chi connectivity index (χ1) is 9.43. The van der Waals surface area contributed by atoms with Crippen LogP contribution in [-0.4, -0.2) is 17.5 Å². The molecule has 3 heteroatoms. The van der Waals surface area contributed by atoms with Gasteiger partial charge in [0.25, 0.3) is 0 Å². The molecule has 2 unspecified atom stereocenters. The predicted molar refractivity (Wildman–Crippen MR) is 84.0 cm³/mol. The van der Waals surface area contributed by atoms with Crippen LogP contribution in [0.3, 0.4) is 0 Å². The zero-order valence-electron chi connectivity index (χ0n) is 13.0. The Labute approximate surface area is 122 Å². The molecule has 1 aromatic carbocycles. The lowest BCUT2D eigenvalue weighted by Crippen LogP contribution is -2.46. The summed E-state index contributed by atoms with van der Waals surface area (Å²) in [6.45, 7) is 8.48. The van der Waals surface area contributed by atoms with Crippen LogP contribution in [0.2, 0.25) is 0 Å². The lowest BCUT2D eigenvalue weighted by Gasteiger charge is -2.34. The van der Waals surface area contributed by atoms with Crippen molar-refractivity contribution in [2.75, 3.05) is 5.32 Å². The van der Waals surface area contributed by atoms with Crippen molar-refractivity contribution in [1.82, 2.24) is 5.32 Å². The van der Waals surface area contributed by atoms with Crippen LogP contribution in [0.15, 0.2) is 24.3 Å². The zero-order chi connectivity index (χ0) is 14.8. The smallest absolute Gasteiger partial charge is 0.228 e. The molecule has 1 aromatic rings. The molecule has 0 fully saturated rings. The van der Waals surface area contributed by atoms with Gasteiger partial charge in [-0.25, -0.2) is 0 Å². The van der Waals surface area contributed by atoms with Crippen molar-refractivity contribution in [2.24, 2.45) is 0 Å². The van der Waals surface area contributed by atoms with Gasteiger partial charge in [0.15, 0.2) is 0 Å². The second-order valence-corrected chi connectivity index (χ2v) is 6.54. The number of carbonyl (C=O) groups excluding carboxylic acids is 1. The summed E-state index contributed by atoms with van der Waals surface area (Å²) in [6, 6.07) is 8.47. The molecule has 1 amide bonds. The monoisotopic (exact) mass is 274 g/mol. The minimum Gasteiger partial charge on any atom is -0.382 e. The second-order valence-electron chi connectivity index (χ2n) is 6.54. The number of para-hydroxylation sites is 1. The molecule has 1 heterocycles. The fourth-order valence-corrected chi connectivity index (χ4v) is 3.09. The number of nitrogens with one attached hydrogen (secondary N) is 2. The molecule has 1 aliphatic heterocycles. The highest BCUT2D eigenvalue weighted by Gasteiger charge is 2.32. The fourth-order valence-electron chi connectivity index (χ4n) is 3.09. The molecule has 0 radical (unpaired) electrons. The van der Waals surface area contributed by atoms with Crippen molar-refractivity contribution < 1.29 is 4.79 Å². The average molecular weight is 274 g/mol. The van der Waals surface area contributed by atoms with Crippen LogP contribution in [0.5, 0.6) is 0 Å². The van der Waals surface area contributed by atoms with E-state index >= 15 is 0 Å². The van der Waals surface area contributed by atoms with Gasteiger partial charge in [0.1, 0.15) is 0 Å². The predicted octanol–water partition coefficient (Wildman–Crippen LogP) is 3.67. The third-order valence-electron chi connectivity index (χ3n) is 3.98. The van der Waals surface area contributed by atoms with E-state index < -0.39 is 0 Å². The van der Waals surface area contributed by atoms with Crippen molar-refractivity contribution in [1.29, 1.82) is 0 Å². The molecule has 2 rings (SSSR count). The third kappa shape index (κ3) is 3.33. The summed E-state index contributed by atoms with van der Waals surface area (Å²) >= 11 is 0. The number of rotatable bonds is 4. The summed E-state index contributed by atoms with van der Waals surface area (Å²) in [7, 11) is 0. The number of hydrogen-bond acceptors (Lipinski definition) is 2. The van der Waals surface area contributed by atoms with Crippen molar-refractivity contribution in [3.05, 3.63) is 29.8 Å². The van der Waals surface area contributed by atoms with E-state index in [0.29, 0.717) is 6.04 Å². The SMILES string of the molecule is CCCC(C)(C)NC(=O)C1CC(C)Nc2ccccc21. The molecule has 2 atom stereocenters. The molecule has 20 heavy (non-hydrogen) atoms. The maximum Gasteiger partial charge on any atom is 0.228 e. The van der Waals surface area contributed by atoms with Crippen LogP contribution in [0, 0.1) is 0 Å². The van der Waals surface area contributed by atoms with E-state index in [2.05, 4.69) is 50.5 Å². The Morgan fingerprint density at radius 2 is 2.10 bits per heavy atom. The summed E-state index contributed by atoms with van der Waals surface area (Å²) in [5.74, 6) is 0.114. The first kappa shape index (κ1) is 14.9. The number of amides is 1. The number of anilines is 1. The summed E-state index contributed by atoms with van der Waals surface area (Å²) < 4.78 is 0. The summed E-state index contributed by atoms with van der Waals surface area (Å²) in [6.07, 6.45) is 2.93. The van der Waals surface area contributed by atoms with Crippen LogP contribution >= 0.6 is 0 Å². The summed E-state index contributed by atoms with van der Waals surface area (Å²) in [5, 5.41) is 6.67. The Morgan fingerprint density at radius 1 is 1.40 bits per heavy atom. The maximum atomic E-state index is 12.7. The highest BCUT2D eigenvalue weighted by molar-refractivity contribution is 5.87. The maximum absolute atomic E-state index is 12.7. The molecule has 0 saturated heterocycles. The largest absolute Gasteiger partial charge is 0.382 e. The highest BCUT2D eigenvalue weighted by atomic mass is 16.2. The molecule has 0 saturated carbocycles. The van der Waals surface area contributed by atoms with Crippen LogP contribution in [0.4, 0.5) is 5.69 Å². The quantitative estimate of drug-likeness (QED) is 0.879. The molecule has 0 spiro atoms. The van der Waals surface area contributed by atoms with E-state index in [0.717, 1.165) is 30.5 Å². The van der Waals surface area contributed by atoms with Gasteiger partial charge in [-0.2, -0.15) is 0 Å². The minimum atomic E-state index is -0.130. The number of carbonyl (C=O) groups is 1. The number of fused-ring (bicyclic) bond motifs is 1. The average Bonchev–Trinajstić information content (AvgIpc) is 2.36. The molecule has 0 aliphatic carbocycles. The van der Waals surface area contributed by atoms with E-state index in [1.54, 1.807) is 0 Å². The minimum absolute atomic E-state index is 0.0430. The van der Waals surface area contributed by atoms with Gasteiger partial charge in [-0.05, 0) is 45.2 Å². The van der Waals surface area contributed by atoms with Gasteiger partial charge in [0.05, 0.1) is 5.92 Å². The molecular formula is C17H26N2O. The Bertz CT molecular complexity index is 482. The van der Waals surface area contributed by atoms with Gasteiger partial charge in [0.2, 0.25) is 5.91 Å². The van der Waals surface area contributed by atoms with Crippen molar-refractivity contribution in [3.63, 3.8) is 0 Å². The Kier molecular flexibility index (Phi) is 4.36. The number of benzene rings is 1. The Balaban J connectivity index is 2.18. The fraction of sp³-hybridized carbons (Fsp3) is 0.588. The lowest BCUT2D eigenvalue weighted by atomic mass is 9.86. The second kappa shape index (κ2) is 5.86. The van der Waals surface area contributed by atoms with Crippen molar-refractivity contribution in [3.8, 4) is 0 Å². The van der Waals surface area contributed by atoms with Crippen molar-refractivity contribution in [2.45, 2.75) is 64.5 Å². The van der Waals surface area contributed by atoms with Crippen LogP contribution in [0.1, 0.15) is 58.4 Å². The van der Waals surface area contributed by atoms with Crippen LogP contribution < -0.4 is 10.6 Å². The van der Waals surface area contributed by atoms with Gasteiger partial charge < -0.3 is 10.6 Å². The van der Waals surface area contributed by atoms with Crippen molar-refractivity contribution >= 4 is 11.6 Å². The van der Waals surface area contributed by atoms with E-state index in [4.69, 9.17) is 0 Å². The zero-order valence-corrected chi connectivity index (χ0v) is 13.0. The molecule has 0 aromatic heterocycles. The first-order valence-electron chi connectivity index (χ1n) is 7.60. The highest BCUT2D eigenvalue weighted by Crippen LogP contribution is 2.34. The topological polar surface area (TPSA) is 41.1 Å². The van der Waals surface area contributed by atoms with Gasteiger partial charge in [-0.3, -0.25) is 4.79 Å². The van der Waals surface area contributed by atoms with E-state index in [1.807, 2.05) is 12.1 Å². The number of hydrogen-bond donors (Lipinski definition) is 2. The molecule has 110 valence electrons. The molecule has 2 N–H and O–H groups in total. The Morgan fingerprint density at radius 3 is 2.80 bits per heavy atom. The van der Waals surface area contributed by atoms with Gasteiger partial charge in [-0.1, -0.05) is 31.5 Å². The summed E-state index contributed by atoms with van der Waals surface area (Å²) in [4.78, 5) is 12.7. The molecule has 3 nitrogen and oxygen atoms in total. The third-order valence-corrected chi connectivity index (χ3v) is 3.98. The summed E-state index contributed by atoms with van der Waals surface area (Å²) in [5.41, 5.74) is 2.09. The van der Waals surface area contributed by atoms with Gasteiger partial charge in [0, 0.05) is 17.3 Å². The van der Waals surface area contributed by atoms with E-state index in [-0.39, 0.29) is 17.4 Å². The van der Waals surface area contributed by atoms with Gasteiger partial charge >= 0.3 is 0 Å². The van der Waals surface area contributed by atoms with E-state index in [9.17, 15) is 4.79 Å². The van der Waals surface area contributed by atoms with E-state index in [1.165, 1.54) is 0 Å². The van der Waals surface area contributed by atoms with Crippen LogP contribution in [0.25, 0.3) is 0 Å². The first-order valence-corrected chi connectivity index (χ1v) is 7.60. The molecular weight excluding hydrogens is 248 g/mol. The lowest BCUT2D eigenvalue weighted by molar-refractivity contribution is -0.124. The normalized spacial score (nSPS) is 21.8. The van der Waals surface area contributed by atoms with Crippen LogP contribution in [-0.2, 0) is 4.79 Å². The molecule has 1 aliphatic rings. The standard InChI is InChI=1S/C17H26N2O/c1-5-10-17(3,4)19-16(20)14-11-12(2)18-15-9-7-6-8-13(14)15/h6-9,12,14,18H,5,10-11H2,1-4H3,(H,19,20). The molecule has 0 bridgehead atoms.